The Morgan fingerprint density at radius 1 is 1.26 bits per heavy atom. The molecule has 19 heavy (non-hydrogen) atoms. The Kier molecular flexibility index (Phi) is 4.42. The summed E-state index contributed by atoms with van der Waals surface area (Å²) in [7, 11) is 0. The first kappa shape index (κ1) is 13.4. The first-order valence-electron chi connectivity index (χ1n) is 5.90. The lowest BCUT2D eigenvalue weighted by Crippen LogP contribution is -1.99. The van der Waals surface area contributed by atoms with Gasteiger partial charge in [0.25, 0.3) is 0 Å². The average Bonchev–Trinajstić information content (AvgIpc) is 2.38. The van der Waals surface area contributed by atoms with Crippen LogP contribution < -0.4 is 10.6 Å². The van der Waals surface area contributed by atoms with Crippen molar-refractivity contribution in [3.63, 3.8) is 0 Å². The maximum absolute atomic E-state index is 5.93. The molecule has 0 heterocycles. The van der Waals surface area contributed by atoms with E-state index in [1.54, 1.807) is 12.1 Å². The normalized spacial score (nSPS) is 10.8. The highest BCUT2D eigenvalue weighted by Crippen LogP contribution is 2.22. The summed E-state index contributed by atoms with van der Waals surface area (Å²) < 4.78 is 5.78. The van der Waals surface area contributed by atoms with Crippen LogP contribution in [0.25, 0.3) is 0 Å². The number of ether oxygens (including phenoxy) is 1. The number of rotatable bonds is 4. The van der Waals surface area contributed by atoms with Crippen molar-refractivity contribution >= 4 is 17.8 Å². The van der Waals surface area contributed by atoms with Gasteiger partial charge in [-0.25, -0.2) is 0 Å². The number of benzene rings is 2. The van der Waals surface area contributed by atoms with Gasteiger partial charge in [-0.15, -0.1) is 0 Å². The molecule has 2 aromatic carbocycles. The molecular weight excluding hydrogens is 260 g/mol. The van der Waals surface area contributed by atoms with Crippen LogP contribution in [0, 0.1) is 6.92 Å². The molecule has 0 saturated carbocycles. The minimum atomic E-state index is 0.495. The molecule has 0 fully saturated rings. The maximum atomic E-state index is 5.93. The van der Waals surface area contributed by atoms with Crippen molar-refractivity contribution < 1.29 is 4.74 Å². The van der Waals surface area contributed by atoms with Gasteiger partial charge in [0.1, 0.15) is 12.4 Å². The second-order valence-electron chi connectivity index (χ2n) is 4.24. The topological polar surface area (TPSA) is 47.6 Å². The molecule has 0 aliphatic carbocycles. The molecule has 2 N–H and O–H groups in total. The summed E-state index contributed by atoms with van der Waals surface area (Å²) in [6.07, 6.45) is 1.53. The summed E-state index contributed by atoms with van der Waals surface area (Å²) in [4.78, 5) is 0. The quantitative estimate of drug-likeness (QED) is 0.527. The molecule has 0 atom stereocenters. The van der Waals surface area contributed by atoms with Gasteiger partial charge in [-0.05, 0) is 30.7 Å². The van der Waals surface area contributed by atoms with Crippen molar-refractivity contribution in [3.05, 3.63) is 64.2 Å². The van der Waals surface area contributed by atoms with E-state index in [1.165, 1.54) is 11.8 Å². The van der Waals surface area contributed by atoms with Gasteiger partial charge in [0.2, 0.25) is 0 Å². The lowest BCUT2D eigenvalue weighted by atomic mass is 10.1. The van der Waals surface area contributed by atoms with Crippen LogP contribution in [0.3, 0.4) is 0 Å². The number of hydrazone groups is 1. The predicted octanol–water partition coefficient (Wildman–Crippen LogP) is 3.52. The highest BCUT2D eigenvalue weighted by molar-refractivity contribution is 6.30. The zero-order valence-electron chi connectivity index (χ0n) is 10.6. The van der Waals surface area contributed by atoms with Gasteiger partial charge in [0.15, 0.2) is 0 Å². The molecule has 0 bridgehead atoms. The smallest absolute Gasteiger partial charge is 0.128 e. The number of nitrogens with zero attached hydrogens (tertiary/aromatic N) is 1. The zero-order chi connectivity index (χ0) is 13.7. The molecular formula is C15H15ClN2O. The van der Waals surface area contributed by atoms with Gasteiger partial charge < -0.3 is 10.6 Å². The molecule has 2 rings (SSSR count). The van der Waals surface area contributed by atoms with E-state index in [-0.39, 0.29) is 0 Å². The molecule has 2 aromatic rings. The van der Waals surface area contributed by atoms with E-state index >= 15 is 0 Å². The van der Waals surface area contributed by atoms with E-state index < -0.39 is 0 Å². The van der Waals surface area contributed by atoms with Crippen molar-refractivity contribution in [3.8, 4) is 5.75 Å². The minimum Gasteiger partial charge on any atom is -0.488 e. The third-order valence-electron chi connectivity index (χ3n) is 2.66. The van der Waals surface area contributed by atoms with Crippen molar-refractivity contribution in [2.24, 2.45) is 10.9 Å². The number of hydrogen-bond acceptors (Lipinski definition) is 3. The molecule has 0 unspecified atom stereocenters. The van der Waals surface area contributed by atoms with Gasteiger partial charge in [-0.1, -0.05) is 41.4 Å². The summed E-state index contributed by atoms with van der Waals surface area (Å²) in [5.74, 6) is 5.89. The van der Waals surface area contributed by atoms with E-state index in [9.17, 15) is 0 Å². The molecule has 3 nitrogen and oxygen atoms in total. The highest BCUT2D eigenvalue weighted by atomic mass is 35.5. The standard InChI is InChI=1S/C15H15ClN2O/c1-11-3-2-4-12(7-11)10-19-15-6-5-14(16)8-13(15)9-18-17/h2-9H,10,17H2,1H3. The van der Waals surface area contributed by atoms with E-state index in [4.69, 9.17) is 22.2 Å². The van der Waals surface area contributed by atoms with E-state index in [0.717, 1.165) is 11.1 Å². The molecule has 0 spiro atoms. The Hall–Kier alpha value is -2.00. The van der Waals surface area contributed by atoms with Crippen molar-refractivity contribution in [2.75, 3.05) is 0 Å². The fourth-order valence-corrected chi connectivity index (χ4v) is 1.98. The number of aryl methyl sites for hydroxylation is 1. The zero-order valence-corrected chi connectivity index (χ0v) is 11.4. The number of halogens is 1. The van der Waals surface area contributed by atoms with Crippen LogP contribution >= 0.6 is 11.6 Å². The molecule has 0 aliphatic rings. The lowest BCUT2D eigenvalue weighted by Gasteiger charge is -2.09. The minimum absolute atomic E-state index is 0.495. The van der Waals surface area contributed by atoms with E-state index in [2.05, 4.69) is 24.2 Å². The average molecular weight is 275 g/mol. The highest BCUT2D eigenvalue weighted by Gasteiger charge is 2.03. The third-order valence-corrected chi connectivity index (χ3v) is 2.90. The van der Waals surface area contributed by atoms with Crippen molar-refractivity contribution in [1.29, 1.82) is 0 Å². The molecule has 0 aromatic heterocycles. The summed E-state index contributed by atoms with van der Waals surface area (Å²) in [6, 6.07) is 13.5. The molecule has 0 radical (unpaired) electrons. The summed E-state index contributed by atoms with van der Waals surface area (Å²) in [5, 5.41) is 4.14. The number of nitrogens with two attached hydrogens (primary N) is 1. The van der Waals surface area contributed by atoms with Crippen LogP contribution in [0.1, 0.15) is 16.7 Å². The van der Waals surface area contributed by atoms with Crippen LogP contribution in [0.5, 0.6) is 5.75 Å². The lowest BCUT2D eigenvalue weighted by molar-refractivity contribution is 0.305. The Bertz CT molecular complexity index is 596. The largest absolute Gasteiger partial charge is 0.488 e. The predicted molar refractivity (Wildman–Crippen MR) is 78.7 cm³/mol. The van der Waals surface area contributed by atoms with E-state index in [1.807, 2.05) is 18.2 Å². The monoisotopic (exact) mass is 274 g/mol. The summed E-state index contributed by atoms with van der Waals surface area (Å²) in [5.41, 5.74) is 3.09. The van der Waals surface area contributed by atoms with Crippen molar-refractivity contribution in [2.45, 2.75) is 13.5 Å². The first-order chi connectivity index (χ1) is 9.19. The molecule has 4 heteroatoms. The Morgan fingerprint density at radius 3 is 2.84 bits per heavy atom. The van der Waals surface area contributed by atoms with Gasteiger partial charge >= 0.3 is 0 Å². The fraction of sp³-hybridized carbons (Fsp3) is 0.133. The van der Waals surface area contributed by atoms with Crippen LogP contribution in [-0.2, 0) is 6.61 Å². The SMILES string of the molecule is Cc1cccc(COc2ccc(Cl)cc2C=NN)c1. The van der Waals surface area contributed by atoms with Gasteiger partial charge in [-0.3, -0.25) is 0 Å². The molecule has 0 saturated heterocycles. The van der Waals surface area contributed by atoms with Gasteiger partial charge in [0.05, 0.1) is 6.21 Å². The number of hydrogen-bond donors (Lipinski definition) is 1. The third kappa shape index (κ3) is 3.73. The van der Waals surface area contributed by atoms with Crippen LogP contribution in [0.4, 0.5) is 0 Å². The molecule has 0 aliphatic heterocycles. The second kappa shape index (κ2) is 6.25. The Morgan fingerprint density at radius 2 is 2.11 bits per heavy atom. The maximum Gasteiger partial charge on any atom is 0.128 e. The summed E-state index contributed by atoms with van der Waals surface area (Å²) >= 11 is 5.93. The van der Waals surface area contributed by atoms with Crippen molar-refractivity contribution in [1.82, 2.24) is 0 Å². The fourth-order valence-electron chi connectivity index (χ4n) is 1.79. The first-order valence-corrected chi connectivity index (χ1v) is 6.28. The van der Waals surface area contributed by atoms with Crippen LogP contribution in [-0.4, -0.2) is 6.21 Å². The summed E-state index contributed by atoms with van der Waals surface area (Å²) in [6.45, 7) is 2.55. The Labute approximate surface area is 117 Å². The van der Waals surface area contributed by atoms with Crippen LogP contribution in [0.2, 0.25) is 5.02 Å². The van der Waals surface area contributed by atoms with Crippen LogP contribution in [0.15, 0.2) is 47.6 Å². The molecule has 98 valence electrons. The Balaban J connectivity index is 2.15. The van der Waals surface area contributed by atoms with E-state index in [0.29, 0.717) is 17.4 Å². The second-order valence-corrected chi connectivity index (χ2v) is 4.67. The molecule has 0 amide bonds. The van der Waals surface area contributed by atoms with Gasteiger partial charge in [0, 0.05) is 10.6 Å². The van der Waals surface area contributed by atoms with Gasteiger partial charge in [-0.2, -0.15) is 5.10 Å².